The first-order valence-corrected chi connectivity index (χ1v) is 4.89. The number of carbonyl (C=O) groups is 2. The van der Waals surface area contributed by atoms with Crippen molar-refractivity contribution in [2.24, 2.45) is 0 Å². The zero-order chi connectivity index (χ0) is 12.8. The Morgan fingerprint density at radius 1 is 1.41 bits per heavy atom. The van der Waals surface area contributed by atoms with Gasteiger partial charge in [-0.05, 0) is 23.8 Å². The van der Waals surface area contributed by atoms with Gasteiger partial charge in [0.1, 0.15) is 11.4 Å². The topological polar surface area (TPSA) is 75.6 Å². The predicted octanol–water partition coefficient (Wildman–Crippen LogP) is 1.26. The van der Waals surface area contributed by atoms with Crippen LogP contribution < -0.4 is 10.1 Å². The zero-order valence-corrected chi connectivity index (χ0v) is 9.56. The van der Waals surface area contributed by atoms with Crippen molar-refractivity contribution < 1.29 is 19.4 Å². The summed E-state index contributed by atoms with van der Waals surface area (Å²) in [4.78, 5) is 21.7. The van der Waals surface area contributed by atoms with Gasteiger partial charge < -0.3 is 15.2 Å². The lowest BCUT2D eigenvalue weighted by Crippen LogP contribution is -2.24. The fourth-order valence-electron chi connectivity index (χ4n) is 1.24. The Morgan fingerprint density at radius 2 is 2.12 bits per heavy atom. The van der Waals surface area contributed by atoms with E-state index in [1.807, 2.05) is 0 Å². The smallest absolute Gasteiger partial charge is 0.352 e. The summed E-state index contributed by atoms with van der Waals surface area (Å²) in [7, 11) is 1.52. The Hall–Kier alpha value is -2.30. The number of carbonyl (C=O) groups excluding carboxylic acids is 1. The maximum atomic E-state index is 10.9. The number of nitrogens with one attached hydrogen (secondary N) is 1. The van der Waals surface area contributed by atoms with Crippen molar-refractivity contribution in [3.05, 3.63) is 35.5 Å². The van der Waals surface area contributed by atoms with Gasteiger partial charge in [-0.2, -0.15) is 0 Å². The first kappa shape index (κ1) is 12.8. The van der Waals surface area contributed by atoms with E-state index in [0.717, 1.165) is 0 Å². The van der Waals surface area contributed by atoms with Gasteiger partial charge in [-0.25, -0.2) is 4.79 Å². The number of carboxylic acids is 1. The van der Waals surface area contributed by atoms with Crippen LogP contribution in [0.25, 0.3) is 6.08 Å². The van der Waals surface area contributed by atoms with Crippen molar-refractivity contribution >= 4 is 18.0 Å². The quantitative estimate of drug-likeness (QED) is 0.770. The van der Waals surface area contributed by atoms with Crippen LogP contribution in [0, 0.1) is 0 Å². The summed E-state index contributed by atoms with van der Waals surface area (Å²) in [5, 5.41) is 11.1. The number of benzene rings is 1. The number of methoxy groups -OCH3 is 1. The molecular weight excluding hydrogens is 222 g/mol. The number of hydrogen-bond acceptors (Lipinski definition) is 3. The SMILES string of the molecule is COc1cccc(C=C(NC(C)=O)C(=O)O)c1. The van der Waals surface area contributed by atoms with Gasteiger partial charge in [0.15, 0.2) is 0 Å². The fraction of sp³-hybridized carbons (Fsp3) is 0.167. The van der Waals surface area contributed by atoms with E-state index in [-0.39, 0.29) is 5.70 Å². The second-order valence-corrected chi connectivity index (χ2v) is 3.32. The van der Waals surface area contributed by atoms with Crippen LogP contribution in [-0.2, 0) is 9.59 Å². The lowest BCUT2D eigenvalue weighted by Gasteiger charge is -2.04. The molecule has 1 amide bonds. The van der Waals surface area contributed by atoms with E-state index in [1.165, 1.54) is 20.1 Å². The summed E-state index contributed by atoms with van der Waals surface area (Å²) in [6.07, 6.45) is 1.37. The molecule has 0 radical (unpaired) electrons. The molecule has 0 fully saturated rings. The van der Waals surface area contributed by atoms with Crippen LogP contribution in [0.3, 0.4) is 0 Å². The minimum Gasteiger partial charge on any atom is -0.497 e. The van der Waals surface area contributed by atoms with Crippen molar-refractivity contribution in [1.82, 2.24) is 5.32 Å². The molecule has 5 heteroatoms. The first-order chi connectivity index (χ1) is 8.02. The average molecular weight is 235 g/mol. The van der Waals surface area contributed by atoms with Gasteiger partial charge in [-0.3, -0.25) is 4.79 Å². The Bertz CT molecular complexity index is 465. The van der Waals surface area contributed by atoms with Gasteiger partial charge in [0.05, 0.1) is 7.11 Å². The van der Waals surface area contributed by atoms with Crippen LogP contribution in [-0.4, -0.2) is 24.1 Å². The van der Waals surface area contributed by atoms with E-state index in [2.05, 4.69) is 5.32 Å². The summed E-state index contributed by atoms with van der Waals surface area (Å²) < 4.78 is 5.01. The molecule has 0 heterocycles. The van der Waals surface area contributed by atoms with Gasteiger partial charge >= 0.3 is 5.97 Å². The Balaban J connectivity index is 3.03. The molecule has 1 aromatic carbocycles. The van der Waals surface area contributed by atoms with E-state index in [9.17, 15) is 9.59 Å². The standard InChI is InChI=1S/C12H13NO4/c1-8(14)13-11(12(15)16)7-9-4-3-5-10(6-9)17-2/h3-7H,1-2H3,(H,13,14)(H,15,16). The molecule has 17 heavy (non-hydrogen) atoms. The predicted molar refractivity (Wildman–Crippen MR) is 62.4 cm³/mol. The minimum atomic E-state index is -1.19. The Kier molecular flexibility index (Phi) is 4.28. The molecule has 1 rings (SSSR count). The largest absolute Gasteiger partial charge is 0.497 e. The molecule has 0 atom stereocenters. The summed E-state index contributed by atoms with van der Waals surface area (Å²) in [6, 6.07) is 6.87. The van der Waals surface area contributed by atoms with Crippen molar-refractivity contribution in [3.63, 3.8) is 0 Å². The molecule has 5 nitrogen and oxygen atoms in total. The lowest BCUT2D eigenvalue weighted by molar-refractivity contribution is -0.134. The molecular formula is C12H13NO4. The number of hydrogen-bond donors (Lipinski definition) is 2. The molecule has 0 saturated heterocycles. The van der Waals surface area contributed by atoms with E-state index in [1.54, 1.807) is 24.3 Å². The maximum Gasteiger partial charge on any atom is 0.352 e. The van der Waals surface area contributed by atoms with E-state index < -0.39 is 11.9 Å². The molecule has 2 N–H and O–H groups in total. The van der Waals surface area contributed by atoms with E-state index in [4.69, 9.17) is 9.84 Å². The fourth-order valence-corrected chi connectivity index (χ4v) is 1.24. The third-order valence-electron chi connectivity index (χ3n) is 1.95. The molecule has 0 aliphatic heterocycles. The van der Waals surface area contributed by atoms with Crippen molar-refractivity contribution in [3.8, 4) is 5.75 Å². The van der Waals surface area contributed by atoms with Gasteiger partial charge in [0, 0.05) is 6.92 Å². The number of carboxylic acid groups (broad SMARTS) is 1. The second-order valence-electron chi connectivity index (χ2n) is 3.32. The highest BCUT2D eigenvalue weighted by atomic mass is 16.5. The molecule has 0 saturated carbocycles. The molecule has 0 aliphatic rings. The normalized spacial score (nSPS) is 10.8. The van der Waals surface area contributed by atoms with E-state index >= 15 is 0 Å². The summed E-state index contributed by atoms with van der Waals surface area (Å²) in [5.41, 5.74) is 0.459. The number of ether oxygens (including phenoxy) is 1. The van der Waals surface area contributed by atoms with Gasteiger partial charge in [-0.1, -0.05) is 12.1 Å². The number of rotatable bonds is 4. The molecule has 0 aromatic heterocycles. The van der Waals surface area contributed by atoms with Crippen LogP contribution in [0.15, 0.2) is 30.0 Å². The molecule has 90 valence electrons. The number of amides is 1. The monoisotopic (exact) mass is 235 g/mol. The third kappa shape index (κ3) is 3.98. The van der Waals surface area contributed by atoms with Gasteiger partial charge in [0.25, 0.3) is 0 Å². The highest BCUT2D eigenvalue weighted by molar-refractivity contribution is 5.96. The summed E-state index contributed by atoms with van der Waals surface area (Å²) in [6.45, 7) is 1.25. The second kappa shape index (κ2) is 5.69. The summed E-state index contributed by atoms with van der Waals surface area (Å²) in [5.74, 6) is -1.00. The molecule has 0 bridgehead atoms. The Morgan fingerprint density at radius 3 is 2.65 bits per heavy atom. The molecule has 0 aliphatic carbocycles. The van der Waals surface area contributed by atoms with E-state index in [0.29, 0.717) is 11.3 Å². The lowest BCUT2D eigenvalue weighted by atomic mass is 10.2. The van der Waals surface area contributed by atoms with Crippen LogP contribution in [0.4, 0.5) is 0 Å². The minimum absolute atomic E-state index is 0.175. The maximum absolute atomic E-state index is 10.9. The Labute approximate surface area is 98.7 Å². The third-order valence-corrected chi connectivity index (χ3v) is 1.95. The average Bonchev–Trinajstić information content (AvgIpc) is 2.27. The van der Waals surface area contributed by atoms with Crippen molar-refractivity contribution in [2.45, 2.75) is 6.92 Å². The van der Waals surface area contributed by atoms with Crippen LogP contribution in [0.1, 0.15) is 12.5 Å². The molecule has 1 aromatic rings. The molecule has 0 spiro atoms. The molecule has 0 unspecified atom stereocenters. The van der Waals surface area contributed by atoms with Crippen molar-refractivity contribution in [2.75, 3.05) is 7.11 Å². The van der Waals surface area contributed by atoms with Gasteiger partial charge in [-0.15, -0.1) is 0 Å². The number of aliphatic carboxylic acids is 1. The highest BCUT2D eigenvalue weighted by Gasteiger charge is 2.08. The zero-order valence-electron chi connectivity index (χ0n) is 9.56. The summed E-state index contributed by atoms with van der Waals surface area (Å²) >= 11 is 0. The van der Waals surface area contributed by atoms with Crippen LogP contribution >= 0.6 is 0 Å². The highest BCUT2D eigenvalue weighted by Crippen LogP contribution is 2.14. The first-order valence-electron chi connectivity index (χ1n) is 4.89. The van der Waals surface area contributed by atoms with Crippen molar-refractivity contribution in [1.29, 1.82) is 0 Å². The van der Waals surface area contributed by atoms with Crippen LogP contribution in [0.5, 0.6) is 5.75 Å². The van der Waals surface area contributed by atoms with Gasteiger partial charge in [0.2, 0.25) is 5.91 Å². The van der Waals surface area contributed by atoms with Crippen LogP contribution in [0.2, 0.25) is 0 Å².